The van der Waals surface area contributed by atoms with Crippen LogP contribution in [0.1, 0.15) is 44.7 Å². The molecule has 1 N–H and O–H groups in total. The number of piperidine rings is 1. The van der Waals surface area contributed by atoms with E-state index in [9.17, 15) is 14.0 Å². The smallest absolute Gasteiger partial charge is 0.320 e. The normalized spacial score (nSPS) is 27.2. The molecular formula is C30H31Cl2FN2O3. The Morgan fingerprint density at radius 3 is 2.71 bits per heavy atom. The maximum absolute atomic E-state index is 14.9. The summed E-state index contributed by atoms with van der Waals surface area (Å²) in [6, 6.07) is 11.7. The predicted octanol–water partition coefficient (Wildman–Crippen LogP) is 6.65. The number of benzene rings is 2. The molecular weight excluding hydrogens is 526 g/mol. The van der Waals surface area contributed by atoms with Gasteiger partial charge in [-0.05, 0) is 81.4 Å². The van der Waals surface area contributed by atoms with Crippen molar-refractivity contribution in [3.05, 3.63) is 87.7 Å². The Balaban J connectivity index is 1.74. The van der Waals surface area contributed by atoms with Gasteiger partial charge in [0.1, 0.15) is 11.4 Å². The van der Waals surface area contributed by atoms with Gasteiger partial charge in [0.2, 0.25) is 5.91 Å². The van der Waals surface area contributed by atoms with Crippen LogP contribution in [0.15, 0.2) is 65.7 Å². The maximum atomic E-state index is 14.9. The zero-order chi connectivity index (χ0) is 27.2. The lowest BCUT2D eigenvalue weighted by atomic mass is 9.58. The molecule has 2 aromatic carbocycles. The molecule has 2 aliphatic heterocycles. The molecule has 1 amide bonds. The van der Waals surface area contributed by atoms with Crippen molar-refractivity contribution in [2.45, 2.75) is 44.8 Å². The standard InChI is InChI=1S/C30H31Cl2FN2O3/c1-29(2,3)38-26(36)17-35-13-12-23(18-6-4-8-20(31)14-18)27-28(37)34-25-16-21(32)10-11-24(25)30(27,35)19-7-5-9-22(33)15-19/h4-5,7-11,14-16,18,23,27H,6,12-13,17H2,1-3H3,(H,34,37)/t18?,23?,27-,30?/m1/s1. The lowest BCUT2D eigenvalue weighted by Gasteiger charge is -2.58. The fourth-order valence-electron chi connectivity index (χ4n) is 6.44. The van der Waals surface area contributed by atoms with Gasteiger partial charge in [-0.15, -0.1) is 0 Å². The number of esters is 1. The van der Waals surface area contributed by atoms with Gasteiger partial charge in [0.05, 0.1) is 18.0 Å². The predicted molar refractivity (Wildman–Crippen MR) is 147 cm³/mol. The van der Waals surface area contributed by atoms with Crippen LogP contribution in [0, 0.1) is 23.6 Å². The van der Waals surface area contributed by atoms with Crippen molar-refractivity contribution in [1.29, 1.82) is 0 Å². The average Bonchev–Trinajstić information content (AvgIpc) is 2.82. The monoisotopic (exact) mass is 556 g/mol. The molecule has 1 aliphatic carbocycles. The van der Waals surface area contributed by atoms with Crippen molar-refractivity contribution in [1.82, 2.24) is 4.90 Å². The van der Waals surface area contributed by atoms with Gasteiger partial charge in [-0.25, -0.2) is 4.39 Å². The SMILES string of the molecule is CC(C)(C)OC(=O)CN1CCC(C2C=C(Cl)C=CC2)[C@@H]2C(=O)Nc3cc(Cl)ccc3C21c1cccc(F)c1. The van der Waals surface area contributed by atoms with Crippen molar-refractivity contribution >= 4 is 40.8 Å². The summed E-state index contributed by atoms with van der Waals surface area (Å²) in [4.78, 5) is 29.3. The maximum Gasteiger partial charge on any atom is 0.320 e. The topological polar surface area (TPSA) is 58.6 Å². The van der Waals surface area contributed by atoms with Gasteiger partial charge in [0.25, 0.3) is 0 Å². The Morgan fingerprint density at radius 2 is 2.00 bits per heavy atom. The number of nitrogens with one attached hydrogen (secondary N) is 1. The second-order valence-corrected chi connectivity index (χ2v) is 12.1. The van der Waals surface area contributed by atoms with Crippen molar-refractivity contribution < 1.29 is 18.7 Å². The van der Waals surface area contributed by atoms with Crippen LogP contribution in [-0.4, -0.2) is 35.5 Å². The molecule has 5 rings (SSSR count). The van der Waals surface area contributed by atoms with Crippen LogP contribution < -0.4 is 5.32 Å². The molecule has 5 nitrogen and oxygen atoms in total. The van der Waals surface area contributed by atoms with Gasteiger partial charge < -0.3 is 10.1 Å². The number of nitrogens with zero attached hydrogens (tertiary/aromatic N) is 1. The number of ether oxygens (including phenoxy) is 1. The summed E-state index contributed by atoms with van der Waals surface area (Å²) in [6.45, 7) is 5.90. The fraction of sp³-hybridized carbons (Fsp3) is 0.400. The summed E-state index contributed by atoms with van der Waals surface area (Å²) in [6.07, 6.45) is 7.30. The van der Waals surface area contributed by atoms with Crippen molar-refractivity contribution in [2.75, 3.05) is 18.4 Å². The van der Waals surface area contributed by atoms with Gasteiger partial charge in [-0.1, -0.05) is 53.6 Å². The van der Waals surface area contributed by atoms with E-state index in [2.05, 4.69) is 5.32 Å². The highest BCUT2D eigenvalue weighted by Gasteiger charge is 2.60. The number of hydrogen-bond acceptors (Lipinski definition) is 4. The Labute approximate surface area is 232 Å². The number of halogens is 3. The number of amides is 1. The molecule has 0 saturated carbocycles. The Bertz CT molecular complexity index is 1340. The van der Waals surface area contributed by atoms with Crippen LogP contribution in [0.4, 0.5) is 10.1 Å². The number of anilines is 1. The zero-order valence-corrected chi connectivity index (χ0v) is 23.2. The number of rotatable bonds is 4. The van der Waals surface area contributed by atoms with Crippen LogP contribution in [-0.2, 0) is 19.9 Å². The van der Waals surface area contributed by atoms with Gasteiger partial charge in [0.15, 0.2) is 0 Å². The molecule has 8 heteroatoms. The molecule has 1 saturated heterocycles. The molecule has 0 radical (unpaired) electrons. The molecule has 2 aromatic rings. The van der Waals surface area contributed by atoms with Crippen LogP contribution in [0.25, 0.3) is 0 Å². The highest BCUT2D eigenvalue weighted by atomic mass is 35.5. The van der Waals surface area contributed by atoms with E-state index in [4.69, 9.17) is 27.9 Å². The van der Waals surface area contributed by atoms with E-state index in [-0.39, 0.29) is 24.3 Å². The van der Waals surface area contributed by atoms with E-state index >= 15 is 0 Å². The van der Waals surface area contributed by atoms with E-state index in [1.165, 1.54) is 12.1 Å². The summed E-state index contributed by atoms with van der Waals surface area (Å²) >= 11 is 12.8. The largest absolute Gasteiger partial charge is 0.459 e. The first-order valence-corrected chi connectivity index (χ1v) is 13.6. The lowest BCUT2D eigenvalue weighted by molar-refractivity contribution is -0.162. The van der Waals surface area contributed by atoms with E-state index in [1.54, 1.807) is 18.2 Å². The number of allylic oxidation sites excluding steroid dienone is 4. The molecule has 200 valence electrons. The first kappa shape index (κ1) is 26.9. The Morgan fingerprint density at radius 1 is 1.21 bits per heavy atom. The third-order valence-corrected chi connectivity index (χ3v) is 8.14. The van der Waals surface area contributed by atoms with E-state index in [0.29, 0.717) is 34.3 Å². The molecule has 38 heavy (non-hydrogen) atoms. The molecule has 3 unspecified atom stereocenters. The van der Waals surface area contributed by atoms with Gasteiger partial charge >= 0.3 is 5.97 Å². The van der Waals surface area contributed by atoms with Crippen molar-refractivity contribution in [3.63, 3.8) is 0 Å². The summed E-state index contributed by atoms with van der Waals surface area (Å²) in [5.41, 5.74) is 0.120. The molecule has 3 aliphatic rings. The lowest BCUT2D eigenvalue weighted by Crippen LogP contribution is -2.65. The molecule has 2 heterocycles. The minimum Gasteiger partial charge on any atom is -0.459 e. The van der Waals surface area contributed by atoms with Crippen LogP contribution in [0.3, 0.4) is 0 Å². The van der Waals surface area contributed by atoms with Gasteiger partial charge in [-0.3, -0.25) is 14.5 Å². The molecule has 1 fully saturated rings. The fourth-order valence-corrected chi connectivity index (χ4v) is 6.86. The number of carbonyl (C=O) groups excluding carboxylic acids is 2. The van der Waals surface area contributed by atoms with E-state index in [1.807, 2.05) is 56.0 Å². The summed E-state index contributed by atoms with van der Waals surface area (Å²) in [5.74, 6) is -1.76. The van der Waals surface area contributed by atoms with E-state index < -0.39 is 28.8 Å². The van der Waals surface area contributed by atoms with Crippen LogP contribution in [0.5, 0.6) is 0 Å². The Hall–Kier alpha value is -2.67. The average molecular weight is 557 g/mol. The summed E-state index contributed by atoms with van der Waals surface area (Å²) < 4.78 is 20.6. The first-order valence-electron chi connectivity index (χ1n) is 12.9. The van der Waals surface area contributed by atoms with Crippen LogP contribution >= 0.6 is 23.2 Å². The Kier molecular flexibility index (Phi) is 7.18. The highest BCUT2D eigenvalue weighted by Crippen LogP contribution is 2.56. The minimum absolute atomic E-state index is 0.00807. The number of carbonyl (C=O) groups is 2. The minimum atomic E-state index is -1.13. The van der Waals surface area contributed by atoms with Crippen LogP contribution in [0.2, 0.25) is 5.02 Å². The third kappa shape index (κ3) is 4.90. The molecule has 0 bridgehead atoms. The third-order valence-electron chi connectivity index (χ3n) is 7.66. The summed E-state index contributed by atoms with van der Waals surface area (Å²) in [7, 11) is 0. The number of hydrogen-bond donors (Lipinski definition) is 1. The van der Waals surface area contributed by atoms with Crippen molar-refractivity contribution in [3.8, 4) is 0 Å². The van der Waals surface area contributed by atoms with Crippen molar-refractivity contribution in [2.24, 2.45) is 17.8 Å². The second kappa shape index (κ2) is 10.1. The number of likely N-dealkylation sites (tertiary alicyclic amines) is 1. The molecule has 4 atom stereocenters. The number of fused-ring (bicyclic) bond motifs is 3. The van der Waals surface area contributed by atoms with E-state index in [0.717, 1.165) is 12.0 Å². The van der Waals surface area contributed by atoms with Gasteiger partial charge in [-0.2, -0.15) is 0 Å². The second-order valence-electron chi connectivity index (χ2n) is 11.2. The highest BCUT2D eigenvalue weighted by molar-refractivity contribution is 6.31. The zero-order valence-electron chi connectivity index (χ0n) is 21.6. The quantitative estimate of drug-likeness (QED) is 0.428. The molecule has 0 aromatic heterocycles. The first-order chi connectivity index (χ1) is 18.0. The summed E-state index contributed by atoms with van der Waals surface area (Å²) in [5, 5.41) is 4.17. The van der Waals surface area contributed by atoms with Gasteiger partial charge in [0, 0.05) is 27.9 Å². The molecule has 0 spiro atoms.